The Bertz CT molecular complexity index is 657. The van der Waals surface area contributed by atoms with Gasteiger partial charge in [0, 0.05) is 31.9 Å². The predicted octanol–water partition coefficient (Wildman–Crippen LogP) is 2.53. The minimum absolute atomic E-state index is 0.0789. The summed E-state index contributed by atoms with van der Waals surface area (Å²) < 4.78 is 6.77. The van der Waals surface area contributed by atoms with Crippen LogP contribution in [0.2, 0.25) is 0 Å². The van der Waals surface area contributed by atoms with Crippen LogP contribution in [-0.2, 0) is 7.05 Å². The number of carbonyl (C=O) groups excluding carboxylic acids is 1. The van der Waals surface area contributed by atoms with E-state index in [1.807, 2.05) is 13.1 Å². The largest absolute Gasteiger partial charge is 0.472 e. The highest BCUT2D eigenvalue weighted by Gasteiger charge is 2.19. The van der Waals surface area contributed by atoms with Crippen LogP contribution in [0, 0.1) is 5.92 Å². The van der Waals surface area contributed by atoms with E-state index in [1.54, 1.807) is 23.4 Å². The third-order valence-electron chi connectivity index (χ3n) is 4.50. The van der Waals surface area contributed by atoms with Gasteiger partial charge in [0.05, 0.1) is 18.1 Å². The lowest BCUT2D eigenvalue weighted by Gasteiger charge is -2.29. The lowest BCUT2D eigenvalue weighted by molar-refractivity contribution is 0.0943. The number of aromatic nitrogens is 2. The summed E-state index contributed by atoms with van der Waals surface area (Å²) in [7, 11) is 1.82. The first kappa shape index (κ1) is 16.8. The van der Waals surface area contributed by atoms with Crippen molar-refractivity contribution in [1.29, 1.82) is 0 Å². The minimum atomic E-state index is -0.0789. The molecule has 130 valence electrons. The smallest absolute Gasteiger partial charge is 0.255 e. The molecule has 0 bridgehead atoms. The summed E-state index contributed by atoms with van der Waals surface area (Å²) in [6.45, 7) is 6.28. The average molecular weight is 330 g/mol. The molecule has 1 saturated heterocycles. The number of nitrogens with one attached hydrogen (secondary N) is 1. The van der Waals surface area contributed by atoms with Gasteiger partial charge in [-0.3, -0.25) is 9.48 Å². The number of piperidine rings is 1. The van der Waals surface area contributed by atoms with Crippen LogP contribution >= 0.6 is 0 Å². The topological polar surface area (TPSA) is 63.3 Å². The van der Waals surface area contributed by atoms with Crippen molar-refractivity contribution in [1.82, 2.24) is 20.0 Å². The number of likely N-dealkylation sites (tertiary alicyclic amines) is 1. The van der Waals surface area contributed by atoms with Crippen LogP contribution in [-0.4, -0.2) is 46.8 Å². The molecule has 1 aliphatic heterocycles. The van der Waals surface area contributed by atoms with Gasteiger partial charge in [-0.2, -0.15) is 5.10 Å². The molecule has 1 fully saturated rings. The molecule has 24 heavy (non-hydrogen) atoms. The Morgan fingerprint density at radius 2 is 2.17 bits per heavy atom. The standard InChI is InChI=1S/C18H26N4O2/c1-14(11-22-7-4-3-5-8-22)10-19-18(23)16-12-21(2)20-17(16)15-6-9-24-13-15/h6,9,12-14H,3-5,7-8,10-11H2,1-2H3,(H,19,23)/t14-/m1/s1. The molecule has 0 aromatic carbocycles. The number of hydrogen-bond donors (Lipinski definition) is 1. The highest BCUT2D eigenvalue weighted by molar-refractivity contribution is 5.99. The van der Waals surface area contributed by atoms with Crippen LogP contribution in [0.1, 0.15) is 36.5 Å². The van der Waals surface area contributed by atoms with Crippen molar-refractivity contribution in [2.45, 2.75) is 26.2 Å². The Hall–Kier alpha value is -2.08. The lowest BCUT2D eigenvalue weighted by atomic mass is 10.1. The molecule has 1 atom stereocenters. The molecule has 1 aliphatic rings. The van der Waals surface area contributed by atoms with Crippen molar-refractivity contribution in [2.24, 2.45) is 13.0 Å². The molecule has 1 amide bonds. The maximum absolute atomic E-state index is 12.6. The third-order valence-corrected chi connectivity index (χ3v) is 4.50. The maximum atomic E-state index is 12.6. The second-order valence-electron chi connectivity index (χ2n) is 6.75. The molecule has 1 N–H and O–H groups in total. The summed E-state index contributed by atoms with van der Waals surface area (Å²) in [6.07, 6.45) is 8.89. The second kappa shape index (κ2) is 7.66. The number of hydrogen-bond acceptors (Lipinski definition) is 4. The molecule has 3 rings (SSSR count). The highest BCUT2D eigenvalue weighted by Crippen LogP contribution is 2.22. The summed E-state index contributed by atoms with van der Waals surface area (Å²) in [5, 5.41) is 7.44. The van der Waals surface area contributed by atoms with Gasteiger partial charge in [0.25, 0.3) is 5.91 Å². The van der Waals surface area contributed by atoms with E-state index in [0.717, 1.165) is 12.1 Å². The van der Waals surface area contributed by atoms with E-state index in [0.29, 0.717) is 23.7 Å². The summed E-state index contributed by atoms with van der Waals surface area (Å²) in [5.74, 6) is 0.353. The molecule has 0 radical (unpaired) electrons. The fourth-order valence-electron chi connectivity index (χ4n) is 3.28. The van der Waals surface area contributed by atoms with Crippen LogP contribution in [0.3, 0.4) is 0 Å². The van der Waals surface area contributed by atoms with Crippen LogP contribution in [0.4, 0.5) is 0 Å². The zero-order valence-corrected chi connectivity index (χ0v) is 14.5. The van der Waals surface area contributed by atoms with Gasteiger partial charge in [-0.25, -0.2) is 0 Å². The highest BCUT2D eigenvalue weighted by atomic mass is 16.3. The zero-order valence-electron chi connectivity index (χ0n) is 14.5. The Morgan fingerprint density at radius 3 is 2.88 bits per heavy atom. The number of amides is 1. The monoisotopic (exact) mass is 330 g/mol. The SMILES string of the molecule is C[C@H](CNC(=O)c1cn(C)nc1-c1ccoc1)CN1CCCCC1. The van der Waals surface area contributed by atoms with Crippen molar-refractivity contribution < 1.29 is 9.21 Å². The molecule has 6 heteroatoms. The first-order chi connectivity index (χ1) is 11.6. The fourth-order valence-corrected chi connectivity index (χ4v) is 3.28. The molecular formula is C18H26N4O2. The van der Waals surface area contributed by atoms with Gasteiger partial charge in [0.2, 0.25) is 0 Å². The molecule has 0 spiro atoms. The number of carbonyl (C=O) groups is 1. The lowest BCUT2D eigenvalue weighted by Crippen LogP contribution is -2.38. The summed E-state index contributed by atoms with van der Waals surface area (Å²) >= 11 is 0. The van der Waals surface area contributed by atoms with E-state index in [1.165, 1.54) is 32.4 Å². The predicted molar refractivity (Wildman–Crippen MR) is 92.7 cm³/mol. The van der Waals surface area contributed by atoms with Gasteiger partial charge < -0.3 is 14.6 Å². The molecule has 2 aromatic rings. The summed E-state index contributed by atoms with van der Waals surface area (Å²) in [5.41, 5.74) is 2.07. The van der Waals surface area contributed by atoms with Gasteiger partial charge in [0.1, 0.15) is 5.69 Å². The molecule has 3 heterocycles. The Morgan fingerprint density at radius 1 is 1.38 bits per heavy atom. The molecule has 2 aromatic heterocycles. The van der Waals surface area contributed by atoms with Gasteiger partial charge in [-0.15, -0.1) is 0 Å². The number of rotatable bonds is 6. The third kappa shape index (κ3) is 4.06. The first-order valence-electron chi connectivity index (χ1n) is 8.70. The quantitative estimate of drug-likeness (QED) is 0.884. The van der Waals surface area contributed by atoms with Crippen molar-refractivity contribution in [3.63, 3.8) is 0 Å². The van der Waals surface area contributed by atoms with Crippen LogP contribution in [0.25, 0.3) is 11.3 Å². The van der Waals surface area contributed by atoms with E-state index >= 15 is 0 Å². The summed E-state index contributed by atoms with van der Waals surface area (Å²) in [4.78, 5) is 15.1. The molecule has 6 nitrogen and oxygen atoms in total. The van der Waals surface area contributed by atoms with E-state index in [9.17, 15) is 4.79 Å². The maximum Gasteiger partial charge on any atom is 0.255 e. The van der Waals surface area contributed by atoms with Gasteiger partial charge in [0.15, 0.2) is 0 Å². The number of aryl methyl sites for hydroxylation is 1. The second-order valence-corrected chi connectivity index (χ2v) is 6.75. The first-order valence-corrected chi connectivity index (χ1v) is 8.70. The van der Waals surface area contributed by atoms with Crippen molar-refractivity contribution in [3.8, 4) is 11.3 Å². The van der Waals surface area contributed by atoms with Gasteiger partial charge >= 0.3 is 0 Å². The van der Waals surface area contributed by atoms with E-state index in [4.69, 9.17) is 4.42 Å². The van der Waals surface area contributed by atoms with E-state index in [2.05, 4.69) is 22.2 Å². The Labute approximate surface area is 142 Å². The molecule has 0 unspecified atom stereocenters. The molecular weight excluding hydrogens is 304 g/mol. The van der Waals surface area contributed by atoms with Crippen LogP contribution in [0.5, 0.6) is 0 Å². The van der Waals surface area contributed by atoms with Crippen LogP contribution < -0.4 is 5.32 Å². The molecule has 0 aliphatic carbocycles. The zero-order chi connectivity index (χ0) is 16.9. The Balaban J connectivity index is 1.57. The van der Waals surface area contributed by atoms with Crippen molar-refractivity contribution in [3.05, 3.63) is 30.4 Å². The summed E-state index contributed by atoms with van der Waals surface area (Å²) in [6, 6.07) is 1.82. The average Bonchev–Trinajstić information content (AvgIpc) is 3.22. The van der Waals surface area contributed by atoms with Crippen LogP contribution in [0.15, 0.2) is 29.2 Å². The number of furan rings is 1. The molecule has 0 saturated carbocycles. The normalized spacial score (nSPS) is 16.9. The van der Waals surface area contributed by atoms with Gasteiger partial charge in [-0.05, 0) is 37.9 Å². The van der Waals surface area contributed by atoms with Crippen molar-refractivity contribution >= 4 is 5.91 Å². The van der Waals surface area contributed by atoms with E-state index < -0.39 is 0 Å². The van der Waals surface area contributed by atoms with Crippen molar-refractivity contribution in [2.75, 3.05) is 26.2 Å². The van der Waals surface area contributed by atoms with E-state index in [-0.39, 0.29) is 5.91 Å². The van der Waals surface area contributed by atoms with Gasteiger partial charge in [-0.1, -0.05) is 13.3 Å². The minimum Gasteiger partial charge on any atom is -0.472 e. The fraction of sp³-hybridized carbons (Fsp3) is 0.556. The Kier molecular flexibility index (Phi) is 5.35. The number of nitrogens with zero attached hydrogens (tertiary/aromatic N) is 3.